The Labute approximate surface area is 160 Å². The molecule has 0 aliphatic rings. The average Bonchev–Trinajstić information content (AvgIpc) is 3.09. The van der Waals surface area contributed by atoms with E-state index in [4.69, 9.17) is 0 Å². The van der Waals surface area contributed by atoms with Crippen molar-refractivity contribution in [3.63, 3.8) is 0 Å². The molecule has 2 N–H and O–H groups in total. The van der Waals surface area contributed by atoms with Crippen LogP contribution in [-0.2, 0) is 4.79 Å². The summed E-state index contributed by atoms with van der Waals surface area (Å²) >= 11 is 1.20. The number of carbonyl (C=O) groups is 1. The van der Waals surface area contributed by atoms with Crippen LogP contribution in [0.2, 0.25) is 0 Å². The van der Waals surface area contributed by atoms with Gasteiger partial charge >= 0.3 is 0 Å². The summed E-state index contributed by atoms with van der Waals surface area (Å²) in [6.45, 7) is 1.78. The van der Waals surface area contributed by atoms with E-state index in [1.54, 1.807) is 29.7 Å². The first-order valence-electron chi connectivity index (χ1n) is 8.39. The van der Waals surface area contributed by atoms with Crippen molar-refractivity contribution in [2.24, 2.45) is 0 Å². The Bertz CT molecular complexity index is 915. The van der Waals surface area contributed by atoms with E-state index in [1.165, 1.54) is 17.8 Å². The molecule has 0 aliphatic carbocycles. The molecule has 0 fully saturated rings. The first-order valence-corrected chi connectivity index (χ1v) is 9.38. The normalized spacial score (nSPS) is 12.0. The summed E-state index contributed by atoms with van der Waals surface area (Å²) in [6.07, 6.45) is -0.611. The number of aliphatic hydroxyl groups excluding tert-OH is 1. The Morgan fingerprint density at radius 3 is 2.59 bits per heavy atom. The van der Waals surface area contributed by atoms with E-state index in [1.807, 2.05) is 30.3 Å². The van der Waals surface area contributed by atoms with Gasteiger partial charge in [0.25, 0.3) is 0 Å². The van der Waals surface area contributed by atoms with Crippen LogP contribution in [0.4, 0.5) is 4.39 Å². The van der Waals surface area contributed by atoms with Crippen molar-refractivity contribution >= 4 is 17.7 Å². The molecular formula is C19H19FN4O2S. The van der Waals surface area contributed by atoms with Gasteiger partial charge in [-0.05, 0) is 31.2 Å². The molecular weight excluding hydrogens is 367 g/mol. The second-order valence-electron chi connectivity index (χ2n) is 5.90. The molecule has 1 atom stereocenters. The summed E-state index contributed by atoms with van der Waals surface area (Å²) < 4.78 is 16.0. The molecule has 8 heteroatoms. The fourth-order valence-corrected chi connectivity index (χ4v) is 3.21. The summed E-state index contributed by atoms with van der Waals surface area (Å²) in [7, 11) is 0. The van der Waals surface area contributed by atoms with Crippen molar-refractivity contribution in [2.75, 3.05) is 12.3 Å². The number of amides is 1. The minimum atomic E-state index is -0.611. The Kier molecular flexibility index (Phi) is 6.20. The van der Waals surface area contributed by atoms with E-state index in [0.717, 1.165) is 5.69 Å². The maximum Gasteiger partial charge on any atom is 0.230 e. The number of halogens is 1. The predicted octanol–water partition coefficient (Wildman–Crippen LogP) is 2.66. The molecule has 0 saturated heterocycles. The van der Waals surface area contributed by atoms with Gasteiger partial charge in [0.05, 0.1) is 17.4 Å². The van der Waals surface area contributed by atoms with Crippen LogP contribution in [0, 0.1) is 5.82 Å². The van der Waals surface area contributed by atoms with Crippen molar-refractivity contribution in [2.45, 2.75) is 18.2 Å². The van der Waals surface area contributed by atoms with Gasteiger partial charge in [0.1, 0.15) is 5.82 Å². The maximum atomic E-state index is 14.3. The number of hydrogen-bond donors (Lipinski definition) is 2. The van der Waals surface area contributed by atoms with Gasteiger partial charge in [0.15, 0.2) is 11.0 Å². The molecule has 0 saturated carbocycles. The summed E-state index contributed by atoms with van der Waals surface area (Å²) in [6, 6.07) is 15.7. The summed E-state index contributed by atoms with van der Waals surface area (Å²) in [5, 5.41) is 20.7. The van der Waals surface area contributed by atoms with Crippen LogP contribution in [0.3, 0.4) is 0 Å². The number of hydrogen-bond acceptors (Lipinski definition) is 5. The van der Waals surface area contributed by atoms with Crippen LogP contribution in [0.15, 0.2) is 59.8 Å². The number of aliphatic hydroxyl groups is 1. The van der Waals surface area contributed by atoms with E-state index in [2.05, 4.69) is 15.5 Å². The number of nitrogens with one attached hydrogen (secondary N) is 1. The van der Waals surface area contributed by atoms with E-state index in [0.29, 0.717) is 16.5 Å². The number of thioether (sulfide) groups is 1. The number of rotatable bonds is 7. The molecule has 3 rings (SSSR count). The van der Waals surface area contributed by atoms with Crippen molar-refractivity contribution in [3.8, 4) is 17.1 Å². The van der Waals surface area contributed by atoms with Crippen LogP contribution in [0.5, 0.6) is 0 Å². The van der Waals surface area contributed by atoms with Crippen LogP contribution in [0.25, 0.3) is 17.1 Å². The second-order valence-corrected chi connectivity index (χ2v) is 6.84. The van der Waals surface area contributed by atoms with Crippen molar-refractivity contribution in [1.82, 2.24) is 20.1 Å². The minimum Gasteiger partial charge on any atom is -0.392 e. The van der Waals surface area contributed by atoms with Gasteiger partial charge in [0, 0.05) is 12.2 Å². The lowest BCUT2D eigenvalue weighted by Gasteiger charge is -2.11. The monoisotopic (exact) mass is 386 g/mol. The molecule has 0 aliphatic heterocycles. The highest BCUT2D eigenvalue weighted by Crippen LogP contribution is 2.29. The fourth-order valence-electron chi connectivity index (χ4n) is 2.43. The smallest absolute Gasteiger partial charge is 0.230 e. The topological polar surface area (TPSA) is 80.0 Å². The van der Waals surface area contributed by atoms with Gasteiger partial charge in [-0.1, -0.05) is 42.1 Å². The van der Waals surface area contributed by atoms with Crippen LogP contribution in [-0.4, -0.2) is 44.2 Å². The number of carbonyl (C=O) groups excluding carboxylic acids is 1. The summed E-state index contributed by atoms with van der Waals surface area (Å²) in [5.41, 5.74) is 1.10. The third kappa shape index (κ3) is 4.72. The zero-order valence-corrected chi connectivity index (χ0v) is 15.5. The summed E-state index contributed by atoms with van der Waals surface area (Å²) in [4.78, 5) is 11.9. The standard InChI is InChI=1S/C19H19FN4O2S/c1-13(25)11-21-17(26)12-27-19-23-22-18(15-9-5-6-10-16(15)20)24(19)14-7-3-2-4-8-14/h2-10,13,25H,11-12H2,1H3,(H,21,26). The highest BCUT2D eigenvalue weighted by atomic mass is 32.2. The molecule has 0 bridgehead atoms. The molecule has 0 radical (unpaired) electrons. The van der Waals surface area contributed by atoms with Gasteiger partial charge in [-0.15, -0.1) is 10.2 Å². The van der Waals surface area contributed by atoms with Crippen molar-refractivity contribution < 1.29 is 14.3 Å². The molecule has 1 amide bonds. The molecule has 6 nitrogen and oxygen atoms in total. The lowest BCUT2D eigenvalue weighted by atomic mass is 10.2. The quantitative estimate of drug-likeness (QED) is 0.610. The van der Waals surface area contributed by atoms with Crippen LogP contribution in [0.1, 0.15) is 6.92 Å². The van der Waals surface area contributed by atoms with Crippen LogP contribution >= 0.6 is 11.8 Å². The molecule has 2 aromatic carbocycles. The van der Waals surface area contributed by atoms with Gasteiger partial charge in [-0.2, -0.15) is 0 Å². The summed E-state index contributed by atoms with van der Waals surface area (Å²) in [5.74, 6) is -0.148. The third-order valence-corrected chi connectivity index (χ3v) is 4.62. The molecule has 140 valence electrons. The van der Waals surface area contributed by atoms with Crippen molar-refractivity contribution in [3.05, 3.63) is 60.4 Å². The molecule has 1 heterocycles. The first-order chi connectivity index (χ1) is 13.1. The molecule has 1 unspecified atom stereocenters. The Balaban J connectivity index is 1.91. The first kappa shape index (κ1) is 19.1. The van der Waals surface area contributed by atoms with Gasteiger partial charge in [-0.3, -0.25) is 9.36 Å². The number of benzene rings is 2. The molecule has 27 heavy (non-hydrogen) atoms. The maximum absolute atomic E-state index is 14.3. The minimum absolute atomic E-state index is 0.106. The van der Waals surface area contributed by atoms with E-state index < -0.39 is 11.9 Å². The molecule has 3 aromatic rings. The highest BCUT2D eigenvalue weighted by Gasteiger charge is 2.19. The second kappa shape index (κ2) is 8.79. The molecule has 0 spiro atoms. The lowest BCUT2D eigenvalue weighted by molar-refractivity contribution is -0.118. The lowest BCUT2D eigenvalue weighted by Crippen LogP contribution is -2.31. The van der Waals surface area contributed by atoms with Gasteiger partial charge < -0.3 is 10.4 Å². The zero-order valence-electron chi connectivity index (χ0n) is 14.7. The number of aromatic nitrogens is 3. The van der Waals surface area contributed by atoms with E-state index >= 15 is 0 Å². The zero-order chi connectivity index (χ0) is 19.2. The Hall–Kier alpha value is -2.71. The third-order valence-electron chi connectivity index (χ3n) is 3.69. The SMILES string of the molecule is CC(O)CNC(=O)CSc1nnc(-c2ccccc2F)n1-c1ccccc1. The van der Waals surface area contributed by atoms with Crippen LogP contribution < -0.4 is 5.32 Å². The van der Waals surface area contributed by atoms with E-state index in [-0.39, 0.29) is 18.2 Å². The number of nitrogens with zero attached hydrogens (tertiary/aromatic N) is 3. The van der Waals surface area contributed by atoms with Gasteiger partial charge in [-0.25, -0.2) is 4.39 Å². The fraction of sp³-hybridized carbons (Fsp3) is 0.211. The van der Waals surface area contributed by atoms with E-state index in [9.17, 15) is 14.3 Å². The van der Waals surface area contributed by atoms with Gasteiger partial charge in [0.2, 0.25) is 5.91 Å². The average molecular weight is 386 g/mol. The molecule has 1 aromatic heterocycles. The predicted molar refractivity (Wildman–Crippen MR) is 102 cm³/mol. The number of para-hydroxylation sites is 1. The Morgan fingerprint density at radius 1 is 1.19 bits per heavy atom. The van der Waals surface area contributed by atoms with Crippen molar-refractivity contribution in [1.29, 1.82) is 0 Å². The Morgan fingerprint density at radius 2 is 1.89 bits per heavy atom. The largest absolute Gasteiger partial charge is 0.392 e. The highest BCUT2D eigenvalue weighted by molar-refractivity contribution is 7.99.